The van der Waals surface area contributed by atoms with Gasteiger partial charge in [-0.2, -0.15) is 0 Å². The van der Waals surface area contributed by atoms with Crippen LogP contribution in [0.25, 0.3) is 0 Å². The fraction of sp³-hybridized carbons (Fsp3) is 0.909. The van der Waals surface area contributed by atoms with Crippen LogP contribution in [-0.4, -0.2) is 36.9 Å². The highest BCUT2D eigenvalue weighted by molar-refractivity contribution is 5.79. The molecule has 0 amide bonds. The maximum Gasteiger partial charge on any atom is 0.324 e. The molecule has 2 atom stereocenters. The number of carboxylic acids is 1. The SMILES string of the molecule is COCCNC1(C(=O)O)CCCCC1C. The van der Waals surface area contributed by atoms with Gasteiger partial charge in [-0.15, -0.1) is 0 Å². The zero-order chi connectivity index (χ0) is 11.3. The van der Waals surface area contributed by atoms with Gasteiger partial charge in [-0.05, 0) is 18.8 Å². The lowest BCUT2D eigenvalue weighted by atomic mass is 9.73. The topological polar surface area (TPSA) is 58.6 Å². The van der Waals surface area contributed by atoms with E-state index in [-0.39, 0.29) is 5.92 Å². The van der Waals surface area contributed by atoms with Crippen molar-refractivity contribution in [1.29, 1.82) is 0 Å². The molecule has 2 unspecified atom stereocenters. The molecule has 0 aromatic rings. The Morgan fingerprint density at radius 2 is 2.33 bits per heavy atom. The fourth-order valence-corrected chi connectivity index (χ4v) is 2.38. The van der Waals surface area contributed by atoms with Crippen molar-refractivity contribution in [1.82, 2.24) is 5.32 Å². The van der Waals surface area contributed by atoms with Crippen LogP contribution >= 0.6 is 0 Å². The monoisotopic (exact) mass is 215 g/mol. The van der Waals surface area contributed by atoms with E-state index in [0.717, 1.165) is 25.7 Å². The molecule has 1 aliphatic carbocycles. The molecule has 1 fully saturated rings. The lowest BCUT2D eigenvalue weighted by Gasteiger charge is -2.39. The molecule has 0 spiro atoms. The summed E-state index contributed by atoms with van der Waals surface area (Å²) in [7, 11) is 1.62. The van der Waals surface area contributed by atoms with E-state index in [4.69, 9.17) is 4.74 Å². The lowest BCUT2D eigenvalue weighted by Crippen LogP contribution is -2.58. The van der Waals surface area contributed by atoms with Crippen molar-refractivity contribution in [3.8, 4) is 0 Å². The number of rotatable bonds is 5. The zero-order valence-electron chi connectivity index (χ0n) is 9.58. The van der Waals surface area contributed by atoms with Gasteiger partial charge < -0.3 is 9.84 Å². The molecule has 1 saturated carbocycles. The maximum atomic E-state index is 11.4. The summed E-state index contributed by atoms with van der Waals surface area (Å²) < 4.78 is 4.94. The summed E-state index contributed by atoms with van der Waals surface area (Å²) in [6.07, 6.45) is 3.86. The van der Waals surface area contributed by atoms with Gasteiger partial charge in [0, 0.05) is 13.7 Å². The van der Waals surface area contributed by atoms with Gasteiger partial charge in [0.25, 0.3) is 0 Å². The van der Waals surface area contributed by atoms with Crippen LogP contribution in [0, 0.1) is 5.92 Å². The molecular weight excluding hydrogens is 194 g/mol. The smallest absolute Gasteiger partial charge is 0.324 e. The van der Waals surface area contributed by atoms with Crippen LogP contribution in [0.3, 0.4) is 0 Å². The number of nitrogens with one attached hydrogen (secondary N) is 1. The van der Waals surface area contributed by atoms with Crippen molar-refractivity contribution in [2.45, 2.75) is 38.1 Å². The largest absolute Gasteiger partial charge is 0.480 e. The van der Waals surface area contributed by atoms with Crippen molar-refractivity contribution >= 4 is 5.97 Å². The summed E-state index contributed by atoms with van der Waals surface area (Å²) in [6.45, 7) is 3.18. The predicted molar refractivity (Wildman–Crippen MR) is 57.9 cm³/mol. The van der Waals surface area contributed by atoms with E-state index in [1.165, 1.54) is 0 Å². The average molecular weight is 215 g/mol. The van der Waals surface area contributed by atoms with Crippen LogP contribution in [0.5, 0.6) is 0 Å². The number of aliphatic carboxylic acids is 1. The molecule has 4 heteroatoms. The van der Waals surface area contributed by atoms with Gasteiger partial charge >= 0.3 is 5.97 Å². The Kier molecular flexibility index (Phi) is 4.54. The zero-order valence-corrected chi connectivity index (χ0v) is 9.58. The Hall–Kier alpha value is -0.610. The van der Waals surface area contributed by atoms with E-state index in [1.807, 2.05) is 6.92 Å². The van der Waals surface area contributed by atoms with Gasteiger partial charge in [0.05, 0.1) is 6.61 Å². The van der Waals surface area contributed by atoms with Crippen molar-refractivity contribution in [3.63, 3.8) is 0 Å². The molecule has 2 N–H and O–H groups in total. The number of ether oxygens (including phenoxy) is 1. The summed E-state index contributed by atoms with van der Waals surface area (Å²) in [5.41, 5.74) is -0.725. The lowest BCUT2D eigenvalue weighted by molar-refractivity contribution is -0.149. The van der Waals surface area contributed by atoms with Gasteiger partial charge in [0.1, 0.15) is 5.54 Å². The van der Waals surface area contributed by atoms with Crippen molar-refractivity contribution in [2.75, 3.05) is 20.3 Å². The van der Waals surface area contributed by atoms with Crippen LogP contribution in [0.4, 0.5) is 0 Å². The number of hydrogen-bond donors (Lipinski definition) is 2. The van der Waals surface area contributed by atoms with Crippen molar-refractivity contribution in [3.05, 3.63) is 0 Å². The molecular formula is C11H21NO3. The van der Waals surface area contributed by atoms with E-state index < -0.39 is 11.5 Å². The molecule has 88 valence electrons. The van der Waals surface area contributed by atoms with Gasteiger partial charge in [0.2, 0.25) is 0 Å². The van der Waals surface area contributed by atoms with E-state index >= 15 is 0 Å². The third kappa shape index (κ3) is 2.69. The summed E-state index contributed by atoms with van der Waals surface area (Å²) in [4.78, 5) is 11.4. The Morgan fingerprint density at radius 3 is 2.87 bits per heavy atom. The predicted octanol–water partition coefficient (Wildman–Crippen LogP) is 1.26. The van der Waals surface area contributed by atoms with E-state index in [0.29, 0.717) is 13.2 Å². The number of methoxy groups -OCH3 is 1. The van der Waals surface area contributed by atoms with Crippen LogP contribution in [0.2, 0.25) is 0 Å². The molecule has 0 aromatic carbocycles. The van der Waals surface area contributed by atoms with Crippen molar-refractivity contribution < 1.29 is 14.6 Å². The highest BCUT2D eigenvalue weighted by atomic mass is 16.5. The van der Waals surface area contributed by atoms with Gasteiger partial charge in [-0.3, -0.25) is 10.1 Å². The first-order valence-electron chi connectivity index (χ1n) is 5.61. The molecule has 0 aromatic heterocycles. The minimum Gasteiger partial charge on any atom is -0.480 e. The Morgan fingerprint density at radius 1 is 1.60 bits per heavy atom. The Balaban J connectivity index is 2.63. The second-order valence-electron chi connectivity index (χ2n) is 4.34. The number of hydrogen-bond acceptors (Lipinski definition) is 3. The molecule has 0 heterocycles. The normalized spacial score (nSPS) is 31.5. The molecule has 0 aliphatic heterocycles. The number of carboxylic acid groups (broad SMARTS) is 1. The summed E-state index contributed by atoms with van der Waals surface area (Å²) in [5.74, 6) is -0.522. The summed E-state index contributed by atoms with van der Waals surface area (Å²) >= 11 is 0. The van der Waals surface area contributed by atoms with Gasteiger partial charge in [-0.1, -0.05) is 19.8 Å². The summed E-state index contributed by atoms with van der Waals surface area (Å²) in [6, 6.07) is 0. The van der Waals surface area contributed by atoms with Crippen LogP contribution < -0.4 is 5.32 Å². The Bertz CT molecular complexity index is 220. The molecule has 0 bridgehead atoms. The molecule has 1 rings (SSSR count). The second-order valence-corrected chi connectivity index (χ2v) is 4.34. The van der Waals surface area contributed by atoms with Crippen LogP contribution in [-0.2, 0) is 9.53 Å². The first-order chi connectivity index (χ1) is 7.13. The van der Waals surface area contributed by atoms with Crippen LogP contribution in [0.1, 0.15) is 32.6 Å². The molecule has 1 aliphatic rings. The third-order valence-electron chi connectivity index (χ3n) is 3.43. The first kappa shape index (κ1) is 12.5. The maximum absolute atomic E-state index is 11.4. The molecule has 0 saturated heterocycles. The van der Waals surface area contributed by atoms with E-state index in [9.17, 15) is 9.90 Å². The fourth-order valence-electron chi connectivity index (χ4n) is 2.38. The molecule has 15 heavy (non-hydrogen) atoms. The van der Waals surface area contributed by atoms with E-state index in [1.54, 1.807) is 7.11 Å². The first-order valence-corrected chi connectivity index (χ1v) is 5.61. The summed E-state index contributed by atoms with van der Waals surface area (Å²) in [5, 5.41) is 12.5. The standard InChI is InChI=1S/C11H21NO3/c1-9-5-3-4-6-11(9,10(13)14)12-7-8-15-2/h9,12H,3-8H2,1-2H3,(H,13,14). The van der Waals surface area contributed by atoms with Gasteiger partial charge in [-0.25, -0.2) is 0 Å². The van der Waals surface area contributed by atoms with Gasteiger partial charge in [0.15, 0.2) is 0 Å². The molecule has 4 nitrogen and oxygen atoms in total. The quantitative estimate of drug-likeness (QED) is 0.678. The average Bonchev–Trinajstić information content (AvgIpc) is 2.21. The van der Waals surface area contributed by atoms with E-state index in [2.05, 4.69) is 5.32 Å². The second kappa shape index (κ2) is 5.47. The Labute approximate surface area is 91.0 Å². The highest BCUT2D eigenvalue weighted by Crippen LogP contribution is 2.33. The number of carbonyl (C=O) groups is 1. The minimum absolute atomic E-state index is 0.195. The molecule has 0 radical (unpaired) electrons. The minimum atomic E-state index is -0.725. The highest BCUT2D eigenvalue weighted by Gasteiger charge is 2.44. The van der Waals surface area contributed by atoms with Crippen LogP contribution in [0.15, 0.2) is 0 Å². The third-order valence-corrected chi connectivity index (χ3v) is 3.43. The van der Waals surface area contributed by atoms with Crippen molar-refractivity contribution in [2.24, 2.45) is 5.92 Å².